The van der Waals surface area contributed by atoms with Gasteiger partial charge in [0.25, 0.3) is 11.6 Å². The summed E-state index contributed by atoms with van der Waals surface area (Å²) in [5.41, 5.74) is 0.897. The van der Waals surface area contributed by atoms with E-state index in [1.54, 1.807) is 18.2 Å². The van der Waals surface area contributed by atoms with Crippen molar-refractivity contribution in [2.75, 3.05) is 11.9 Å². The van der Waals surface area contributed by atoms with Gasteiger partial charge in [0.05, 0.1) is 18.0 Å². The lowest BCUT2D eigenvalue weighted by Gasteiger charge is -2.14. The molecule has 0 aliphatic rings. The standard InChI is InChI=1S/C19H20N2O6/c1-13-7-9-15(10-8-13)26-12-11-18(22)27-14(2)19(23)20-16-5-3-4-6-17(16)21(24)25/h3-10,14H,11-12H2,1-2H3,(H,20,23). The quantitative estimate of drug-likeness (QED) is 0.433. The number of anilines is 1. The zero-order valence-electron chi connectivity index (χ0n) is 15.0. The van der Waals surface area contributed by atoms with Crippen molar-refractivity contribution in [1.82, 2.24) is 0 Å². The maximum Gasteiger partial charge on any atom is 0.310 e. The fourth-order valence-electron chi connectivity index (χ4n) is 2.17. The molecule has 0 aromatic heterocycles. The molecule has 2 aromatic carbocycles. The molecule has 1 unspecified atom stereocenters. The summed E-state index contributed by atoms with van der Waals surface area (Å²) in [7, 11) is 0. The highest BCUT2D eigenvalue weighted by molar-refractivity contribution is 5.96. The van der Waals surface area contributed by atoms with Gasteiger partial charge in [-0.2, -0.15) is 0 Å². The Labute approximate surface area is 156 Å². The van der Waals surface area contributed by atoms with Gasteiger partial charge in [-0.05, 0) is 32.0 Å². The molecule has 0 fully saturated rings. The van der Waals surface area contributed by atoms with Gasteiger partial charge in [0.2, 0.25) is 0 Å². The zero-order chi connectivity index (χ0) is 19.8. The van der Waals surface area contributed by atoms with Gasteiger partial charge in [-0.1, -0.05) is 29.8 Å². The highest BCUT2D eigenvalue weighted by Gasteiger charge is 2.21. The first-order valence-corrected chi connectivity index (χ1v) is 8.30. The predicted octanol–water partition coefficient (Wildman–Crippen LogP) is 3.24. The van der Waals surface area contributed by atoms with E-state index in [1.807, 2.05) is 19.1 Å². The number of hydrogen-bond acceptors (Lipinski definition) is 6. The molecule has 8 nitrogen and oxygen atoms in total. The Hall–Kier alpha value is -3.42. The van der Waals surface area contributed by atoms with Crippen molar-refractivity contribution in [3.63, 3.8) is 0 Å². The van der Waals surface area contributed by atoms with Gasteiger partial charge < -0.3 is 14.8 Å². The Morgan fingerprint density at radius 2 is 1.81 bits per heavy atom. The molecule has 2 rings (SSSR count). The van der Waals surface area contributed by atoms with Crippen LogP contribution in [0, 0.1) is 17.0 Å². The van der Waals surface area contributed by atoms with Crippen molar-refractivity contribution >= 4 is 23.3 Å². The topological polar surface area (TPSA) is 108 Å². The minimum atomic E-state index is -1.10. The monoisotopic (exact) mass is 372 g/mol. The number of esters is 1. The number of nitrogens with one attached hydrogen (secondary N) is 1. The first-order chi connectivity index (χ1) is 12.9. The minimum Gasteiger partial charge on any atom is -0.493 e. The molecular formula is C19H20N2O6. The number of aryl methyl sites for hydroxylation is 1. The van der Waals surface area contributed by atoms with Crippen LogP contribution in [0.15, 0.2) is 48.5 Å². The third-order valence-corrected chi connectivity index (χ3v) is 3.63. The summed E-state index contributed by atoms with van der Waals surface area (Å²) in [4.78, 5) is 34.3. The summed E-state index contributed by atoms with van der Waals surface area (Å²) >= 11 is 0. The summed E-state index contributed by atoms with van der Waals surface area (Å²) < 4.78 is 10.5. The van der Waals surface area contributed by atoms with Gasteiger partial charge in [-0.15, -0.1) is 0 Å². The van der Waals surface area contributed by atoms with E-state index in [4.69, 9.17) is 9.47 Å². The smallest absolute Gasteiger partial charge is 0.310 e. The molecule has 27 heavy (non-hydrogen) atoms. The van der Waals surface area contributed by atoms with Gasteiger partial charge in [0.15, 0.2) is 6.10 Å². The third kappa shape index (κ3) is 6.10. The SMILES string of the molecule is Cc1ccc(OCCC(=O)OC(C)C(=O)Nc2ccccc2[N+](=O)[O-])cc1. The minimum absolute atomic E-state index is 0.0308. The molecule has 0 heterocycles. The summed E-state index contributed by atoms with van der Waals surface area (Å²) in [5.74, 6) is -0.625. The van der Waals surface area contributed by atoms with Crippen LogP contribution in [0.25, 0.3) is 0 Å². The lowest BCUT2D eigenvalue weighted by atomic mass is 10.2. The Kier molecular flexibility index (Phi) is 6.87. The number of para-hydroxylation sites is 2. The maximum atomic E-state index is 12.1. The highest BCUT2D eigenvalue weighted by atomic mass is 16.6. The Morgan fingerprint density at radius 3 is 2.48 bits per heavy atom. The number of benzene rings is 2. The van der Waals surface area contributed by atoms with Gasteiger partial charge in [-0.25, -0.2) is 0 Å². The van der Waals surface area contributed by atoms with Crippen molar-refractivity contribution in [3.8, 4) is 5.75 Å². The van der Waals surface area contributed by atoms with Gasteiger partial charge in [0, 0.05) is 6.07 Å². The Morgan fingerprint density at radius 1 is 1.15 bits per heavy atom. The molecule has 1 amide bonds. The average molecular weight is 372 g/mol. The van der Waals surface area contributed by atoms with Crippen LogP contribution in [-0.2, 0) is 14.3 Å². The molecule has 142 valence electrons. The summed E-state index contributed by atoms with van der Waals surface area (Å²) in [6.45, 7) is 3.46. The van der Waals surface area contributed by atoms with Crippen LogP contribution in [0.2, 0.25) is 0 Å². The van der Waals surface area contributed by atoms with E-state index in [-0.39, 0.29) is 24.4 Å². The van der Waals surface area contributed by atoms with Crippen molar-refractivity contribution < 1.29 is 24.0 Å². The van der Waals surface area contributed by atoms with Crippen molar-refractivity contribution in [2.45, 2.75) is 26.4 Å². The zero-order valence-corrected chi connectivity index (χ0v) is 15.0. The molecule has 0 aliphatic heterocycles. The van der Waals surface area contributed by atoms with E-state index < -0.39 is 22.9 Å². The fourth-order valence-corrected chi connectivity index (χ4v) is 2.17. The number of amides is 1. The fraction of sp³-hybridized carbons (Fsp3) is 0.263. The van der Waals surface area contributed by atoms with E-state index in [0.29, 0.717) is 5.75 Å². The largest absolute Gasteiger partial charge is 0.493 e. The predicted molar refractivity (Wildman–Crippen MR) is 98.6 cm³/mol. The second-order valence-electron chi connectivity index (χ2n) is 5.81. The number of ether oxygens (including phenoxy) is 2. The van der Waals surface area contributed by atoms with Gasteiger partial charge in [-0.3, -0.25) is 19.7 Å². The van der Waals surface area contributed by atoms with Crippen LogP contribution in [0.1, 0.15) is 18.9 Å². The number of rotatable bonds is 8. The number of hydrogen-bond donors (Lipinski definition) is 1. The lowest BCUT2D eigenvalue weighted by molar-refractivity contribution is -0.383. The molecule has 1 N–H and O–H groups in total. The number of nitrogens with zero attached hydrogens (tertiary/aromatic N) is 1. The molecule has 0 bridgehead atoms. The van der Waals surface area contributed by atoms with Crippen molar-refractivity contribution in [2.24, 2.45) is 0 Å². The molecule has 2 aromatic rings. The van der Waals surface area contributed by atoms with Gasteiger partial charge >= 0.3 is 5.97 Å². The summed E-state index contributed by atoms with van der Waals surface area (Å²) in [6, 6.07) is 13.1. The Balaban J connectivity index is 1.80. The Bertz CT molecular complexity index is 819. The first kappa shape index (κ1) is 19.9. The molecule has 0 radical (unpaired) electrons. The van der Waals surface area contributed by atoms with Crippen LogP contribution in [0.3, 0.4) is 0 Å². The first-order valence-electron chi connectivity index (χ1n) is 8.30. The molecule has 1 atom stereocenters. The average Bonchev–Trinajstić information content (AvgIpc) is 2.63. The second kappa shape index (κ2) is 9.33. The summed E-state index contributed by atoms with van der Waals surface area (Å²) in [6.07, 6.45) is -1.13. The van der Waals surface area contributed by atoms with Crippen LogP contribution in [-0.4, -0.2) is 29.5 Å². The molecule has 0 aliphatic carbocycles. The number of carbonyl (C=O) groups is 2. The second-order valence-corrected chi connectivity index (χ2v) is 5.81. The number of carbonyl (C=O) groups excluding carboxylic acids is 2. The molecule has 8 heteroatoms. The third-order valence-electron chi connectivity index (χ3n) is 3.63. The molecule has 0 saturated carbocycles. The van der Waals surface area contributed by atoms with Gasteiger partial charge in [0.1, 0.15) is 11.4 Å². The molecule has 0 spiro atoms. The molecule has 0 saturated heterocycles. The maximum absolute atomic E-state index is 12.1. The van der Waals surface area contributed by atoms with Crippen LogP contribution in [0.5, 0.6) is 5.75 Å². The van der Waals surface area contributed by atoms with Crippen LogP contribution in [0.4, 0.5) is 11.4 Å². The van der Waals surface area contributed by atoms with E-state index >= 15 is 0 Å². The molecular weight excluding hydrogens is 352 g/mol. The van der Waals surface area contributed by atoms with E-state index in [1.165, 1.54) is 25.1 Å². The number of nitro groups is 1. The highest BCUT2D eigenvalue weighted by Crippen LogP contribution is 2.23. The van der Waals surface area contributed by atoms with Crippen molar-refractivity contribution in [1.29, 1.82) is 0 Å². The number of nitro benzene ring substituents is 1. The van der Waals surface area contributed by atoms with Crippen LogP contribution < -0.4 is 10.1 Å². The van der Waals surface area contributed by atoms with E-state index in [0.717, 1.165) is 5.56 Å². The van der Waals surface area contributed by atoms with E-state index in [2.05, 4.69) is 5.32 Å². The van der Waals surface area contributed by atoms with Crippen LogP contribution >= 0.6 is 0 Å². The normalized spacial score (nSPS) is 11.3. The summed E-state index contributed by atoms with van der Waals surface area (Å²) in [5, 5.41) is 13.4. The van der Waals surface area contributed by atoms with Crippen molar-refractivity contribution in [3.05, 3.63) is 64.2 Å². The van der Waals surface area contributed by atoms with E-state index in [9.17, 15) is 19.7 Å². The lowest BCUT2D eigenvalue weighted by Crippen LogP contribution is -2.30.